The van der Waals surface area contributed by atoms with Crippen LogP contribution in [0.2, 0.25) is 0 Å². The van der Waals surface area contributed by atoms with Gasteiger partial charge in [0, 0.05) is 17.8 Å². The minimum atomic E-state index is 0.0370. The van der Waals surface area contributed by atoms with E-state index in [-0.39, 0.29) is 17.7 Å². The van der Waals surface area contributed by atoms with Gasteiger partial charge in [0.05, 0.1) is 6.04 Å². The molecule has 2 heterocycles. The van der Waals surface area contributed by atoms with Crippen LogP contribution in [0.25, 0.3) is 0 Å². The molecule has 1 unspecified atom stereocenters. The van der Waals surface area contributed by atoms with Crippen molar-refractivity contribution in [1.29, 1.82) is 0 Å². The quantitative estimate of drug-likeness (QED) is 0.895. The van der Waals surface area contributed by atoms with E-state index in [2.05, 4.69) is 10.2 Å². The number of rotatable bonds is 2. The van der Waals surface area contributed by atoms with Gasteiger partial charge in [0.25, 0.3) is 5.91 Å². The van der Waals surface area contributed by atoms with Gasteiger partial charge in [-0.25, -0.2) is 0 Å². The van der Waals surface area contributed by atoms with E-state index in [0.29, 0.717) is 5.69 Å². The summed E-state index contributed by atoms with van der Waals surface area (Å²) in [7, 11) is 0. The van der Waals surface area contributed by atoms with Crippen LogP contribution in [0.5, 0.6) is 5.75 Å². The first-order chi connectivity index (χ1) is 10.7. The number of phenols is 1. The van der Waals surface area contributed by atoms with Gasteiger partial charge in [0.2, 0.25) is 0 Å². The molecule has 5 heteroatoms. The molecule has 1 aromatic heterocycles. The molecule has 1 aliphatic heterocycles. The van der Waals surface area contributed by atoms with Crippen LogP contribution >= 0.6 is 0 Å². The van der Waals surface area contributed by atoms with Crippen LogP contribution in [0.1, 0.15) is 52.6 Å². The maximum Gasteiger partial charge on any atom is 0.275 e. The Balaban J connectivity index is 1.63. The van der Waals surface area contributed by atoms with Crippen molar-refractivity contribution in [2.75, 3.05) is 6.54 Å². The summed E-state index contributed by atoms with van der Waals surface area (Å²) in [5, 5.41) is 16.7. The van der Waals surface area contributed by atoms with E-state index in [0.717, 1.165) is 55.5 Å². The van der Waals surface area contributed by atoms with Crippen molar-refractivity contribution in [1.82, 2.24) is 15.1 Å². The molecule has 0 saturated carbocycles. The first kappa shape index (κ1) is 13.4. The molecule has 1 atom stereocenters. The average molecular weight is 297 g/mol. The van der Waals surface area contributed by atoms with Gasteiger partial charge < -0.3 is 10.0 Å². The van der Waals surface area contributed by atoms with Gasteiger partial charge in [-0.15, -0.1) is 0 Å². The smallest absolute Gasteiger partial charge is 0.275 e. The maximum atomic E-state index is 12.9. The molecular formula is C17H19N3O2. The second kappa shape index (κ2) is 5.16. The molecule has 2 aromatic rings. The highest BCUT2D eigenvalue weighted by Crippen LogP contribution is 2.34. The standard InChI is InChI=1S/C17H19N3O2/c21-12-8-6-11(7-9-12)15-5-2-10-20(15)17(22)16-13-3-1-4-14(13)18-19-16/h6-9,15,21H,1-5,10H2,(H,18,19). The zero-order valence-electron chi connectivity index (χ0n) is 12.4. The molecule has 2 aliphatic rings. The lowest BCUT2D eigenvalue weighted by atomic mass is 10.0. The Labute approximate surface area is 129 Å². The van der Waals surface area contributed by atoms with Gasteiger partial charge in [0.15, 0.2) is 5.69 Å². The third kappa shape index (κ3) is 2.08. The van der Waals surface area contributed by atoms with E-state index in [1.807, 2.05) is 17.0 Å². The van der Waals surface area contributed by atoms with Gasteiger partial charge in [-0.2, -0.15) is 5.10 Å². The van der Waals surface area contributed by atoms with Crippen LogP contribution in [-0.2, 0) is 12.8 Å². The van der Waals surface area contributed by atoms with Gasteiger partial charge in [-0.1, -0.05) is 12.1 Å². The summed E-state index contributed by atoms with van der Waals surface area (Å²) in [6.45, 7) is 0.770. The number of fused-ring (bicyclic) bond motifs is 1. The number of carbonyl (C=O) groups is 1. The van der Waals surface area contributed by atoms with Gasteiger partial charge in [0.1, 0.15) is 5.75 Å². The number of hydrogen-bond donors (Lipinski definition) is 2. The largest absolute Gasteiger partial charge is 0.508 e. The van der Waals surface area contributed by atoms with E-state index < -0.39 is 0 Å². The third-order valence-electron chi connectivity index (χ3n) is 4.80. The fourth-order valence-electron chi connectivity index (χ4n) is 3.69. The van der Waals surface area contributed by atoms with E-state index in [4.69, 9.17) is 0 Å². The number of nitrogens with zero attached hydrogens (tertiary/aromatic N) is 2. The first-order valence-electron chi connectivity index (χ1n) is 7.90. The molecule has 4 rings (SSSR count). The highest BCUT2D eigenvalue weighted by molar-refractivity contribution is 5.94. The van der Waals surface area contributed by atoms with E-state index in [9.17, 15) is 9.90 Å². The number of H-pyrrole nitrogens is 1. The molecule has 1 aliphatic carbocycles. The minimum Gasteiger partial charge on any atom is -0.508 e. The van der Waals surface area contributed by atoms with Crippen molar-refractivity contribution >= 4 is 5.91 Å². The van der Waals surface area contributed by atoms with Crippen LogP contribution in [0.15, 0.2) is 24.3 Å². The summed E-state index contributed by atoms with van der Waals surface area (Å²) >= 11 is 0. The lowest BCUT2D eigenvalue weighted by Gasteiger charge is -2.24. The molecule has 2 N–H and O–H groups in total. The molecule has 1 fully saturated rings. The number of carbonyl (C=O) groups excluding carboxylic acids is 1. The molecule has 1 saturated heterocycles. The summed E-state index contributed by atoms with van der Waals surface area (Å²) in [5.74, 6) is 0.291. The number of amides is 1. The predicted octanol–water partition coefficient (Wildman–Crippen LogP) is 2.58. The Morgan fingerprint density at radius 1 is 1.23 bits per heavy atom. The summed E-state index contributed by atoms with van der Waals surface area (Å²) in [5.41, 5.74) is 3.93. The molecule has 0 spiro atoms. The molecule has 22 heavy (non-hydrogen) atoms. The molecular weight excluding hydrogens is 278 g/mol. The van der Waals surface area contributed by atoms with Gasteiger partial charge in [-0.3, -0.25) is 9.89 Å². The summed E-state index contributed by atoms with van der Waals surface area (Å²) < 4.78 is 0. The number of nitrogens with one attached hydrogen (secondary N) is 1. The number of aryl methyl sites for hydroxylation is 1. The molecule has 0 bridgehead atoms. The summed E-state index contributed by atoms with van der Waals surface area (Å²) in [6, 6.07) is 7.26. The van der Waals surface area contributed by atoms with Crippen molar-refractivity contribution in [3.05, 3.63) is 46.8 Å². The average Bonchev–Trinajstić information content (AvgIpc) is 3.23. The van der Waals surface area contributed by atoms with Crippen LogP contribution in [0, 0.1) is 0 Å². The zero-order chi connectivity index (χ0) is 15.1. The highest BCUT2D eigenvalue weighted by atomic mass is 16.3. The molecule has 1 amide bonds. The third-order valence-corrected chi connectivity index (χ3v) is 4.80. The normalized spacial score (nSPS) is 20.4. The van der Waals surface area contributed by atoms with Crippen molar-refractivity contribution < 1.29 is 9.90 Å². The Morgan fingerprint density at radius 3 is 2.86 bits per heavy atom. The zero-order valence-corrected chi connectivity index (χ0v) is 12.4. The highest BCUT2D eigenvalue weighted by Gasteiger charge is 2.34. The Hall–Kier alpha value is -2.30. The number of hydrogen-bond acceptors (Lipinski definition) is 3. The fraction of sp³-hybridized carbons (Fsp3) is 0.412. The number of aromatic amines is 1. The molecule has 0 radical (unpaired) electrons. The van der Waals surface area contributed by atoms with Crippen LogP contribution < -0.4 is 0 Å². The second-order valence-corrected chi connectivity index (χ2v) is 6.13. The topological polar surface area (TPSA) is 69.2 Å². The molecule has 5 nitrogen and oxygen atoms in total. The lowest BCUT2D eigenvalue weighted by Crippen LogP contribution is -2.31. The lowest BCUT2D eigenvalue weighted by molar-refractivity contribution is 0.0728. The number of aromatic hydroxyl groups is 1. The SMILES string of the molecule is O=C(c1n[nH]c2c1CCC2)N1CCCC1c1ccc(O)cc1. The van der Waals surface area contributed by atoms with Gasteiger partial charge in [-0.05, 0) is 49.8 Å². The minimum absolute atomic E-state index is 0.0370. The Bertz CT molecular complexity index is 705. The summed E-state index contributed by atoms with van der Waals surface area (Å²) in [4.78, 5) is 14.8. The number of benzene rings is 1. The van der Waals surface area contributed by atoms with Crippen LogP contribution in [-0.4, -0.2) is 32.7 Å². The van der Waals surface area contributed by atoms with Crippen molar-refractivity contribution in [2.24, 2.45) is 0 Å². The van der Waals surface area contributed by atoms with Crippen LogP contribution in [0.3, 0.4) is 0 Å². The predicted molar refractivity (Wildman–Crippen MR) is 81.7 cm³/mol. The van der Waals surface area contributed by atoms with Crippen LogP contribution in [0.4, 0.5) is 0 Å². The summed E-state index contributed by atoms with van der Waals surface area (Å²) in [6.07, 6.45) is 5.01. The van der Waals surface area contributed by atoms with E-state index >= 15 is 0 Å². The number of likely N-dealkylation sites (tertiary alicyclic amines) is 1. The van der Waals surface area contributed by atoms with Crippen molar-refractivity contribution in [2.45, 2.75) is 38.1 Å². The monoisotopic (exact) mass is 297 g/mol. The fourth-order valence-corrected chi connectivity index (χ4v) is 3.69. The maximum absolute atomic E-state index is 12.9. The molecule has 114 valence electrons. The number of aromatic nitrogens is 2. The Morgan fingerprint density at radius 2 is 2.05 bits per heavy atom. The van der Waals surface area contributed by atoms with E-state index in [1.54, 1.807) is 12.1 Å². The molecule has 1 aromatic carbocycles. The first-order valence-corrected chi connectivity index (χ1v) is 7.90. The van der Waals surface area contributed by atoms with Gasteiger partial charge >= 0.3 is 0 Å². The van der Waals surface area contributed by atoms with Crippen molar-refractivity contribution in [3.8, 4) is 5.75 Å². The van der Waals surface area contributed by atoms with E-state index in [1.165, 1.54) is 0 Å². The Kier molecular flexibility index (Phi) is 3.13. The number of phenolic OH excluding ortho intramolecular Hbond substituents is 1. The second-order valence-electron chi connectivity index (χ2n) is 6.13. The van der Waals surface area contributed by atoms with Crippen molar-refractivity contribution in [3.63, 3.8) is 0 Å².